The van der Waals surface area contributed by atoms with Gasteiger partial charge in [0.05, 0.1) is 12.3 Å². The van der Waals surface area contributed by atoms with Gasteiger partial charge in [0.25, 0.3) is 0 Å². The molecule has 0 aliphatic carbocycles. The standard InChI is InChI=1S/C22H25FN8O/c1-2-3-4-5-8-32-11-14-7-6-13(9-16(14)23)19-17-18(26)15(10-24)20(27)30-21(17)31-22(29-19)28-12-25/h6-7,9,19H,2-5,8,11H2,1H3,(H6,26,27,28,29,30,31). The van der Waals surface area contributed by atoms with Gasteiger partial charge < -0.3 is 21.5 Å². The van der Waals surface area contributed by atoms with Crippen molar-refractivity contribution in [1.82, 2.24) is 10.3 Å². The third-order valence-electron chi connectivity index (χ3n) is 5.15. The number of halogens is 1. The minimum atomic E-state index is -0.791. The molecule has 0 radical (unpaired) electrons. The van der Waals surface area contributed by atoms with Gasteiger partial charge in [0.1, 0.15) is 35.1 Å². The summed E-state index contributed by atoms with van der Waals surface area (Å²) in [6.45, 7) is 2.89. The zero-order chi connectivity index (χ0) is 23.1. The van der Waals surface area contributed by atoms with Gasteiger partial charge in [0.2, 0.25) is 5.96 Å². The van der Waals surface area contributed by atoms with Gasteiger partial charge in [-0.05, 0) is 18.1 Å². The quantitative estimate of drug-likeness (QED) is 0.279. The first-order valence-electron chi connectivity index (χ1n) is 10.3. The van der Waals surface area contributed by atoms with Gasteiger partial charge in [-0.1, -0.05) is 38.3 Å². The van der Waals surface area contributed by atoms with Crippen molar-refractivity contribution in [2.75, 3.05) is 23.4 Å². The molecule has 9 nitrogen and oxygen atoms in total. The number of nitriles is 2. The average Bonchev–Trinajstić information content (AvgIpc) is 2.77. The third-order valence-corrected chi connectivity index (χ3v) is 5.15. The number of anilines is 3. The number of pyridine rings is 1. The molecule has 0 saturated heterocycles. The van der Waals surface area contributed by atoms with Crippen molar-refractivity contribution < 1.29 is 9.13 Å². The Hall–Kier alpha value is -3.89. The first kappa shape index (κ1) is 22.8. The van der Waals surface area contributed by atoms with E-state index in [0.717, 1.165) is 25.7 Å². The fraction of sp³-hybridized carbons (Fsp3) is 0.364. The lowest BCUT2D eigenvalue weighted by atomic mass is 9.94. The normalized spacial score (nSPS) is 14.5. The monoisotopic (exact) mass is 436 g/mol. The second-order valence-electron chi connectivity index (χ2n) is 7.37. The zero-order valence-corrected chi connectivity index (χ0v) is 17.8. The second kappa shape index (κ2) is 10.4. The number of nitrogens with one attached hydrogen (secondary N) is 2. The van der Waals surface area contributed by atoms with Crippen molar-refractivity contribution in [1.29, 1.82) is 10.5 Å². The highest BCUT2D eigenvalue weighted by molar-refractivity contribution is 5.98. The summed E-state index contributed by atoms with van der Waals surface area (Å²) in [6.07, 6.45) is 6.12. The molecule has 1 aromatic carbocycles. The Balaban J connectivity index is 1.89. The molecule has 1 aromatic heterocycles. The number of fused-ring (bicyclic) bond motifs is 1. The first-order chi connectivity index (χ1) is 15.5. The molecule has 32 heavy (non-hydrogen) atoms. The average molecular weight is 436 g/mol. The van der Waals surface area contributed by atoms with Crippen LogP contribution in [0.4, 0.5) is 21.7 Å². The van der Waals surface area contributed by atoms with Crippen LogP contribution < -0.4 is 22.1 Å². The van der Waals surface area contributed by atoms with Crippen LogP contribution in [0.2, 0.25) is 0 Å². The Labute approximate surface area is 185 Å². The van der Waals surface area contributed by atoms with E-state index in [9.17, 15) is 9.65 Å². The number of aliphatic imine (C=N–C) groups is 1. The second-order valence-corrected chi connectivity index (χ2v) is 7.37. The van der Waals surface area contributed by atoms with E-state index in [-0.39, 0.29) is 35.5 Å². The lowest BCUT2D eigenvalue weighted by Gasteiger charge is -2.26. The van der Waals surface area contributed by atoms with Crippen molar-refractivity contribution in [3.05, 3.63) is 46.3 Å². The number of hydrogen-bond donors (Lipinski definition) is 4. The van der Waals surface area contributed by atoms with Crippen molar-refractivity contribution in [2.24, 2.45) is 4.99 Å². The maximum absolute atomic E-state index is 14.8. The summed E-state index contributed by atoms with van der Waals surface area (Å²) in [5.74, 6) is -0.132. The largest absolute Gasteiger partial charge is 0.397 e. The van der Waals surface area contributed by atoms with E-state index in [2.05, 4.69) is 27.5 Å². The molecule has 1 atom stereocenters. The number of ether oxygens (including phenoxy) is 1. The van der Waals surface area contributed by atoms with Gasteiger partial charge in [-0.2, -0.15) is 10.5 Å². The topological polar surface area (TPSA) is 158 Å². The molecule has 6 N–H and O–H groups in total. The molecule has 1 unspecified atom stereocenters. The molecule has 10 heteroatoms. The van der Waals surface area contributed by atoms with E-state index >= 15 is 0 Å². The van der Waals surface area contributed by atoms with E-state index in [4.69, 9.17) is 21.5 Å². The highest BCUT2D eigenvalue weighted by Gasteiger charge is 2.30. The summed E-state index contributed by atoms with van der Waals surface area (Å²) >= 11 is 0. The predicted octanol–water partition coefficient (Wildman–Crippen LogP) is 3.30. The van der Waals surface area contributed by atoms with Gasteiger partial charge in [-0.15, -0.1) is 0 Å². The summed E-state index contributed by atoms with van der Waals surface area (Å²) in [5.41, 5.74) is 13.5. The molecule has 166 valence electrons. The Kier molecular flexibility index (Phi) is 7.42. The Morgan fingerprint density at radius 1 is 1.25 bits per heavy atom. The van der Waals surface area contributed by atoms with E-state index in [0.29, 0.717) is 23.3 Å². The van der Waals surface area contributed by atoms with Crippen molar-refractivity contribution >= 4 is 23.3 Å². The first-order valence-corrected chi connectivity index (χ1v) is 10.3. The van der Waals surface area contributed by atoms with Crippen LogP contribution in [0.25, 0.3) is 0 Å². The number of hydrogen-bond acceptors (Lipinski definition) is 9. The number of guanidine groups is 1. The third kappa shape index (κ3) is 4.88. The fourth-order valence-electron chi connectivity index (χ4n) is 3.49. The maximum atomic E-state index is 14.8. The fourth-order valence-corrected chi connectivity index (χ4v) is 3.49. The Bertz CT molecular complexity index is 1100. The molecule has 0 fully saturated rings. The van der Waals surface area contributed by atoms with Gasteiger partial charge in [-0.3, -0.25) is 5.32 Å². The zero-order valence-electron chi connectivity index (χ0n) is 17.8. The molecule has 3 rings (SSSR count). The Morgan fingerprint density at radius 3 is 2.75 bits per heavy atom. The number of nitrogens with two attached hydrogens (primary N) is 2. The van der Waals surface area contributed by atoms with Gasteiger partial charge in [0, 0.05) is 17.7 Å². The van der Waals surface area contributed by atoms with Crippen LogP contribution in [0.3, 0.4) is 0 Å². The van der Waals surface area contributed by atoms with Crippen LogP contribution >= 0.6 is 0 Å². The molecule has 1 aliphatic heterocycles. The molecule has 1 aliphatic rings. The van der Waals surface area contributed by atoms with Gasteiger partial charge in [-0.25, -0.2) is 14.4 Å². The van der Waals surface area contributed by atoms with E-state index in [1.807, 2.05) is 6.07 Å². The van der Waals surface area contributed by atoms with Crippen LogP contribution in [-0.4, -0.2) is 17.6 Å². The van der Waals surface area contributed by atoms with Crippen LogP contribution in [0.15, 0.2) is 23.2 Å². The van der Waals surface area contributed by atoms with Crippen molar-refractivity contribution in [3.8, 4) is 12.3 Å². The minimum absolute atomic E-state index is 0.0241. The van der Waals surface area contributed by atoms with Crippen molar-refractivity contribution in [3.63, 3.8) is 0 Å². The van der Waals surface area contributed by atoms with Gasteiger partial charge >= 0.3 is 0 Å². The lowest BCUT2D eigenvalue weighted by Crippen LogP contribution is -2.32. The van der Waals surface area contributed by atoms with Crippen LogP contribution in [0.1, 0.15) is 60.9 Å². The van der Waals surface area contributed by atoms with Crippen molar-refractivity contribution in [2.45, 2.75) is 45.3 Å². The molecular formula is C22H25FN8O. The lowest BCUT2D eigenvalue weighted by molar-refractivity contribution is 0.114. The van der Waals surface area contributed by atoms with Crippen LogP contribution in [-0.2, 0) is 11.3 Å². The Morgan fingerprint density at radius 2 is 2.06 bits per heavy atom. The number of benzene rings is 1. The summed E-state index contributed by atoms with van der Waals surface area (Å²) in [7, 11) is 0. The molecule has 0 bridgehead atoms. The smallest absolute Gasteiger partial charge is 0.211 e. The molecule has 2 aromatic rings. The molecular weight excluding hydrogens is 411 g/mol. The number of nitrogens with zero attached hydrogens (tertiary/aromatic N) is 4. The molecule has 0 spiro atoms. The van der Waals surface area contributed by atoms with E-state index < -0.39 is 11.9 Å². The minimum Gasteiger partial charge on any atom is -0.397 e. The highest BCUT2D eigenvalue weighted by Crippen LogP contribution is 2.40. The highest BCUT2D eigenvalue weighted by atomic mass is 19.1. The molecule has 0 amide bonds. The number of unbranched alkanes of at least 4 members (excludes halogenated alkanes) is 3. The number of aromatic nitrogens is 1. The predicted molar refractivity (Wildman–Crippen MR) is 120 cm³/mol. The summed E-state index contributed by atoms with van der Waals surface area (Å²) < 4.78 is 20.4. The van der Waals surface area contributed by atoms with Crippen LogP contribution in [0.5, 0.6) is 0 Å². The van der Waals surface area contributed by atoms with E-state index in [1.54, 1.807) is 18.3 Å². The SMILES string of the molecule is CCCCCCOCc1ccc(C2N=C(NC#N)Nc3nc(N)c(C#N)c(N)c32)cc1F. The summed E-state index contributed by atoms with van der Waals surface area (Å²) in [6, 6.07) is 5.85. The van der Waals surface area contributed by atoms with E-state index in [1.165, 1.54) is 6.07 Å². The van der Waals surface area contributed by atoms with Gasteiger partial charge in [0.15, 0.2) is 6.19 Å². The maximum Gasteiger partial charge on any atom is 0.211 e. The van der Waals surface area contributed by atoms with Crippen LogP contribution in [0, 0.1) is 28.6 Å². The number of rotatable bonds is 8. The summed E-state index contributed by atoms with van der Waals surface area (Å²) in [4.78, 5) is 8.61. The summed E-state index contributed by atoms with van der Waals surface area (Å²) in [5, 5.41) is 23.6. The molecule has 0 saturated carbocycles. The number of nitrogen functional groups attached to an aromatic ring is 2. The molecule has 2 heterocycles.